The molecular formula is C92H172N36O19. The van der Waals surface area contributed by atoms with Crippen LogP contribution in [-0.4, -0.2) is 306 Å². The van der Waals surface area contributed by atoms with Crippen molar-refractivity contribution in [1.29, 1.82) is 27.0 Å². The molecule has 0 unspecified atom stereocenters. The van der Waals surface area contributed by atoms with Gasteiger partial charge in [0.25, 0.3) is 0 Å². The zero-order valence-corrected chi connectivity index (χ0v) is 87.5. The van der Waals surface area contributed by atoms with Gasteiger partial charge in [-0.05, 0) is 197 Å². The molecule has 0 aliphatic carbocycles. The highest BCUT2D eigenvalue weighted by Crippen LogP contribution is 2.18. The van der Waals surface area contributed by atoms with Crippen molar-refractivity contribution in [1.82, 2.24) is 122 Å². The highest BCUT2D eigenvalue weighted by Gasteiger charge is 2.40. The number of carbonyl (C=O) groups excluding carboxylic acids is 16. The van der Waals surface area contributed by atoms with Crippen molar-refractivity contribution in [3.05, 3.63) is 18.2 Å². The monoisotopic (exact) mass is 2090 g/mol. The van der Waals surface area contributed by atoms with Gasteiger partial charge >= 0.3 is 5.97 Å². The van der Waals surface area contributed by atoms with Gasteiger partial charge in [-0.15, -0.1) is 0 Å². The summed E-state index contributed by atoms with van der Waals surface area (Å²) in [7, 11) is 0. The molecule has 0 saturated heterocycles. The van der Waals surface area contributed by atoms with Gasteiger partial charge in [0.05, 0.1) is 24.7 Å². The van der Waals surface area contributed by atoms with Crippen LogP contribution in [-0.2, 0) is 87.9 Å². The van der Waals surface area contributed by atoms with Crippen LogP contribution in [0.15, 0.2) is 12.5 Å². The molecule has 1 aromatic rings. The second-order valence-electron chi connectivity index (χ2n) is 39.0. The summed E-state index contributed by atoms with van der Waals surface area (Å²) in [5.41, 5.74) is 45.9. The highest BCUT2D eigenvalue weighted by molar-refractivity contribution is 6.01. The van der Waals surface area contributed by atoms with Crippen LogP contribution in [0.4, 0.5) is 0 Å². The van der Waals surface area contributed by atoms with Crippen molar-refractivity contribution in [2.75, 3.05) is 52.4 Å². The Morgan fingerprint density at radius 2 is 0.537 bits per heavy atom. The van der Waals surface area contributed by atoms with Gasteiger partial charge in [-0.3, -0.25) is 104 Å². The van der Waals surface area contributed by atoms with Crippen molar-refractivity contribution in [2.24, 2.45) is 81.4 Å². The number of guanidine groups is 5. The Kier molecular flexibility index (Phi) is 63.5. The SMILES string of the molecule is CC(C)C[C@H](NC(=O)[C@H](CC(C)C)NC(=O)[C@H](CCCNC(=N)N)NC(=O)[C@H](CCCCN)NC(=O)[C@H](CCCNC(=N)N)NC(=O)[C@H](CC(C)C)NC(=O)[C@H](CCCCN)NC(=O)[C@H](CCCNC(=N)N)NC(=O)[C@H](CC(C)C)NC(=O)[C@H](Cc1c[nH]cn1)NC(=O)[C@H](CO)NC(=O)[C@H](C)NC(=O)[C@H](C)NC(=O)[C@H](CCCNC(=N)N)NC(=O)[C@@H](NC(=O)[C@H](CCCNC(=N)N)NC(=O)[C@@H](N)CC(C)C)C(C)C)C(=O)O. The van der Waals surface area contributed by atoms with E-state index >= 15 is 9.59 Å². The number of amides is 16. The molecule has 0 radical (unpaired) electrons. The number of aromatic amines is 1. The lowest BCUT2D eigenvalue weighted by molar-refractivity contribution is -0.143. The number of nitrogens with zero attached hydrogens (tertiary/aromatic N) is 1. The Labute approximate surface area is 859 Å². The second-order valence-corrected chi connectivity index (χ2v) is 39.0. The summed E-state index contributed by atoms with van der Waals surface area (Å²) in [5, 5.41) is 114. The van der Waals surface area contributed by atoms with Crippen LogP contribution in [0.25, 0.3) is 0 Å². The van der Waals surface area contributed by atoms with Gasteiger partial charge in [-0.25, -0.2) is 9.78 Å². The molecule has 1 heterocycles. The minimum Gasteiger partial charge on any atom is -0.480 e. The van der Waals surface area contributed by atoms with E-state index in [-0.39, 0.29) is 215 Å². The lowest BCUT2D eigenvalue weighted by atomic mass is 9.99. The van der Waals surface area contributed by atoms with Gasteiger partial charge in [0.1, 0.15) is 96.7 Å². The number of aliphatic hydroxyl groups is 1. The first-order valence-electron chi connectivity index (χ1n) is 50.3. The second kappa shape index (κ2) is 71.0. The first kappa shape index (κ1) is 131. The average Bonchev–Trinajstić information content (AvgIpc) is 1.83. The Bertz CT molecular complexity index is 4390. The summed E-state index contributed by atoms with van der Waals surface area (Å²) >= 11 is 0. The number of carboxylic acid groups (broad SMARTS) is 1. The fraction of sp³-hybridized carbons (Fsp3) is 0.728. The fourth-order valence-electron chi connectivity index (χ4n) is 15.1. The molecule has 1 rings (SSSR count). The number of H-pyrrole nitrogens is 1. The quantitative estimate of drug-likeness (QED) is 0.0164. The summed E-state index contributed by atoms with van der Waals surface area (Å²) in [6.45, 7) is 22.9. The molecule has 16 amide bonds. The zero-order valence-electron chi connectivity index (χ0n) is 87.5. The zero-order chi connectivity index (χ0) is 111. The molecule has 0 fully saturated rings. The largest absolute Gasteiger partial charge is 0.480 e. The normalized spacial score (nSPS) is 14.7. The summed E-state index contributed by atoms with van der Waals surface area (Å²) in [6, 6.07) is -24.4. The van der Waals surface area contributed by atoms with Gasteiger partial charge in [0.15, 0.2) is 29.8 Å². The number of aromatic nitrogens is 2. The van der Waals surface area contributed by atoms with Gasteiger partial charge in [-0.1, -0.05) is 83.1 Å². The van der Waals surface area contributed by atoms with Crippen molar-refractivity contribution in [3.63, 3.8) is 0 Å². The Morgan fingerprint density at radius 1 is 0.299 bits per heavy atom. The van der Waals surface area contributed by atoms with E-state index in [0.717, 1.165) is 0 Å². The predicted octanol–water partition coefficient (Wildman–Crippen LogP) is -7.39. The number of unbranched alkanes of at least 4 members (excludes halogenated alkanes) is 2. The third-order valence-electron chi connectivity index (χ3n) is 22.8. The number of aliphatic carboxylic acids is 1. The number of nitrogens with one attached hydrogen (secondary N) is 27. The number of carbonyl (C=O) groups is 17. The minimum atomic E-state index is -1.85. The Hall–Kier alpha value is -13.6. The summed E-state index contributed by atoms with van der Waals surface area (Å²) in [6.07, 6.45) is 3.39. The molecule has 0 aromatic carbocycles. The number of rotatable bonds is 75. The first-order chi connectivity index (χ1) is 69.0. The number of aliphatic hydroxyl groups excluding tert-OH is 1. The molecule has 55 heteroatoms. The van der Waals surface area contributed by atoms with Crippen LogP contribution in [0.3, 0.4) is 0 Å². The summed E-state index contributed by atoms with van der Waals surface area (Å²) in [5.74, 6) is -19.5. The molecule has 147 heavy (non-hydrogen) atoms. The van der Waals surface area contributed by atoms with E-state index in [9.17, 15) is 82.1 Å². The molecule has 1 aromatic heterocycles. The molecule has 0 spiro atoms. The van der Waals surface area contributed by atoms with E-state index in [1.54, 1.807) is 69.2 Å². The third kappa shape index (κ3) is 56.1. The molecule has 17 atom stereocenters. The van der Waals surface area contributed by atoms with Crippen LogP contribution in [0, 0.1) is 62.6 Å². The van der Waals surface area contributed by atoms with Crippen molar-refractivity contribution in [3.8, 4) is 0 Å². The number of imidazole rings is 1. The van der Waals surface area contributed by atoms with E-state index < -0.39 is 234 Å². The maximum absolute atomic E-state index is 15.0. The summed E-state index contributed by atoms with van der Waals surface area (Å²) < 4.78 is 0. The maximum Gasteiger partial charge on any atom is 0.326 e. The van der Waals surface area contributed by atoms with Crippen LogP contribution in [0.2, 0.25) is 0 Å². The van der Waals surface area contributed by atoms with E-state index in [1.807, 2.05) is 13.8 Å². The van der Waals surface area contributed by atoms with E-state index in [4.69, 9.17) is 72.9 Å². The van der Waals surface area contributed by atoms with E-state index in [0.29, 0.717) is 19.3 Å². The van der Waals surface area contributed by atoms with E-state index in [2.05, 4.69) is 122 Å². The fourth-order valence-corrected chi connectivity index (χ4v) is 15.1. The van der Waals surface area contributed by atoms with Crippen molar-refractivity contribution < 1.29 is 91.7 Å². The van der Waals surface area contributed by atoms with Gasteiger partial charge in [0, 0.05) is 45.3 Å². The molecule has 0 aliphatic heterocycles. The minimum absolute atomic E-state index is 0.00789. The summed E-state index contributed by atoms with van der Waals surface area (Å²) in [4.78, 5) is 250. The third-order valence-corrected chi connectivity index (χ3v) is 22.8. The number of hydrogen-bond donors (Lipinski definition) is 37. The lowest BCUT2D eigenvalue weighted by Gasteiger charge is -2.29. The first-order valence-corrected chi connectivity index (χ1v) is 50.3. The molecule has 45 N–H and O–H groups in total. The molecule has 0 saturated carbocycles. The Morgan fingerprint density at radius 3 is 0.823 bits per heavy atom. The highest BCUT2D eigenvalue weighted by atomic mass is 16.4. The number of hydrogen-bond acceptors (Lipinski definition) is 27. The predicted molar refractivity (Wildman–Crippen MR) is 551 cm³/mol. The topological polar surface area (TPSA) is 939 Å². The van der Waals surface area contributed by atoms with Crippen LogP contribution >= 0.6 is 0 Å². The Balaban J connectivity index is 3.82. The van der Waals surface area contributed by atoms with Crippen LogP contribution < -0.4 is 158 Å². The number of carboxylic acids is 1. The van der Waals surface area contributed by atoms with Crippen LogP contribution in [0.5, 0.6) is 0 Å². The van der Waals surface area contributed by atoms with Gasteiger partial charge in [0.2, 0.25) is 94.5 Å². The van der Waals surface area contributed by atoms with Gasteiger partial charge < -0.3 is 173 Å². The van der Waals surface area contributed by atoms with Crippen molar-refractivity contribution in [2.45, 2.75) is 341 Å². The molecule has 0 bridgehead atoms. The lowest BCUT2D eigenvalue weighted by Crippen LogP contribution is -2.61. The molecule has 834 valence electrons. The maximum atomic E-state index is 15.0. The molecule has 0 aliphatic rings. The standard InChI is InChI=1S/C92H172N36O19/c1-47(2)38-56(95)73(132)115-63(30-23-37-111-92(104)105)80(139)128-70(52(11)12)86(145)121-59(26-19-33-107-88(96)97)74(133)114-53(13)71(130)113-54(14)72(131)127-69(45-129)85(144)125-67(43-55-44-106-46-112-55)84(143)124-65(40-49(5)6)82(141)120-61(28-21-35-109-90(100)101)77(136)117-58(25-16-18-32-94)78(137)122-64(39-48(3)4)81(140)119-60(27-20-34-108-89(98)99)76(135)116-57(24-15-17-31-93)75(134)118-62(29-22-36-110-91(102)103)79(138)123-66(41-50(7)8)83(142)126-68(87(146)147)42-51(9)10/h44,46-54,56-70,129H,15-43,45,93-95H2,1-14H3,(H,106,112)(H,113,130)(H,114,133)(H,115,132)(H,116,135)(H,117,136)(H,118,134)(H,119,140)(H,120,141)(H,121,145)(H,122,137)(H,123,138)(H,124,143)(H,125,144)(H,126,142)(H,127,131)(H,128,139)(H,146,147)(H4,96,97,107)(H4,98,99,108)(H4,100,101,109)(H4,102,103,110)(H4,104,105,111)/t53-,54-,56-,57-,58-,59-,60-,61-,62-,63-,64-,65-,66-,67-,68-,69-,70-/m0/s1. The van der Waals surface area contributed by atoms with E-state index in [1.165, 1.54) is 26.4 Å². The average molecular weight is 2090 g/mol. The number of nitrogens with two attached hydrogens (primary N) is 8. The molecule has 55 nitrogen and oxygen atoms in total. The smallest absolute Gasteiger partial charge is 0.326 e. The van der Waals surface area contributed by atoms with Crippen LogP contribution in [0.1, 0.15) is 237 Å². The van der Waals surface area contributed by atoms with Gasteiger partial charge in [-0.2, -0.15) is 0 Å². The van der Waals surface area contributed by atoms with Crippen molar-refractivity contribution >= 4 is 130 Å². The molecular weight excluding hydrogens is 1910 g/mol.